The van der Waals surface area contributed by atoms with Crippen LogP contribution < -0.4 is 15.3 Å². The summed E-state index contributed by atoms with van der Waals surface area (Å²) in [5.41, 5.74) is 2.46. The van der Waals surface area contributed by atoms with Gasteiger partial charge in [-0.25, -0.2) is 9.59 Å². The number of imidazole rings is 1. The van der Waals surface area contributed by atoms with Crippen LogP contribution in [0, 0.1) is 0 Å². The summed E-state index contributed by atoms with van der Waals surface area (Å²) in [5.74, 6) is 0.0967. The predicted molar refractivity (Wildman–Crippen MR) is 161 cm³/mol. The van der Waals surface area contributed by atoms with Crippen LogP contribution in [0.4, 0.5) is 10.5 Å². The minimum absolute atomic E-state index is 0.0798. The van der Waals surface area contributed by atoms with Crippen molar-refractivity contribution in [2.75, 3.05) is 38.2 Å². The first-order chi connectivity index (χ1) is 20.6. The molecule has 3 fully saturated rings. The third-order valence-corrected chi connectivity index (χ3v) is 8.39. The van der Waals surface area contributed by atoms with Crippen LogP contribution in [0.3, 0.4) is 0 Å². The molecular formula is C32H39N5O6. The molecule has 3 amide bonds. The molecule has 2 aromatic carbocycles. The van der Waals surface area contributed by atoms with Crippen molar-refractivity contribution in [3.05, 3.63) is 58.5 Å². The van der Waals surface area contributed by atoms with Gasteiger partial charge in [-0.1, -0.05) is 18.2 Å². The number of imide groups is 1. The van der Waals surface area contributed by atoms with Crippen LogP contribution >= 0.6 is 0 Å². The molecule has 0 bridgehead atoms. The Morgan fingerprint density at radius 3 is 2.23 bits per heavy atom. The fraction of sp³-hybridized carbons (Fsp3) is 0.500. The van der Waals surface area contributed by atoms with Crippen LogP contribution in [0.5, 0.6) is 5.75 Å². The van der Waals surface area contributed by atoms with E-state index in [9.17, 15) is 19.2 Å². The summed E-state index contributed by atoms with van der Waals surface area (Å²) in [6.45, 7) is 7.90. The molecule has 1 unspecified atom stereocenters. The molecule has 11 heteroatoms. The van der Waals surface area contributed by atoms with E-state index in [0.29, 0.717) is 37.4 Å². The second-order valence-corrected chi connectivity index (χ2v) is 12.6. The lowest BCUT2D eigenvalue weighted by Crippen LogP contribution is -2.50. The number of likely N-dealkylation sites (tertiary alicyclic amines) is 1. The second kappa shape index (κ2) is 11.1. The maximum atomic E-state index is 14.1. The van der Waals surface area contributed by atoms with Crippen molar-refractivity contribution in [3.63, 3.8) is 0 Å². The quantitative estimate of drug-likeness (QED) is 0.399. The molecule has 0 radical (unpaired) electrons. The van der Waals surface area contributed by atoms with Crippen LogP contribution in [-0.2, 0) is 20.9 Å². The molecular weight excluding hydrogens is 550 g/mol. The molecule has 228 valence electrons. The standard InChI is InChI=1S/C32H39N5O6/c1-32(2,3)43-31(41)34-18-16-33(17-19-34)24-6-5-7-25-28(24)36(22-10-11-22)30(40)37(25)26-14-15-27(38)35(29(26)39)20-21-8-12-23(42-4)13-9-21/h5-9,12-13,22,26H,10-11,14-20H2,1-4H3. The fourth-order valence-corrected chi connectivity index (χ4v) is 6.10. The van der Waals surface area contributed by atoms with Gasteiger partial charge >= 0.3 is 11.8 Å². The van der Waals surface area contributed by atoms with Gasteiger partial charge in [-0.3, -0.25) is 23.6 Å². The van der Waals surface area contributed by atoms with Crippen LogP contribution in [0.2, 0.25) is 0 Å². The van der Waals surface area contributed by atoms with Gasteiger partial charge in [-0.15, -0.1) is 0 Å². The molecule has 3 aromatic rings. The van der Waals surface area contributed by atoms with Gasteiger partial charge in [0.25, 0.3) is 5.91 Å². The summed E-state index contributed by atoms with van der Waals surface area (Å²) < 4.78 is 14.3. The third kappa shape index (κ3) is 5.60. The fourth-order valence-electron chi connectivity index (χ4n) is 6.10. The lowest BCUT2D eigenvalue weighted by Gasteiger charge is -2.37. The average molecular weight is 590 g/mol. The zero-order valence-corrected chi connectivity index (χ0v) is 25.2. The van der Waals surface area contributed by atoms with E-state index in [2.05, 4.69) is 4.90 Å². The zero-order valence-electron chi connectivity index (χ0n) is 25.2. The lowest BCUT2D eigenvalue weighted by atomic mass is 10.0. The van der Waals surface area contributed by atoms with E-state index < -0.39 is 11.6 Å². The van der Waals surface area contributed by atoms with Gasteiger partial charge in [0.05, 0.1) is 30.4 Å². The highest BCUT2D eigenvalue weighted by atomic mass is 16.6. The Balaban J connectivity index is 1.31. The van der Waals surface area contributed by atoms with Gasteiger partial charge in [0.1, 0.15) is 17.4 Å². The van der Waals surface area contributed by atoms with E-state index >= 15 is 0 Å². The van der Waals surface area contributed by atoms with Crippen LogP contribution in [-0.4, -0.2) is 75.7 Å². The van der Waals surface area contributed by atoms with Gasteiger partial charge < -0.3 is 19.3 Å². The minimum Gasteiger partial charge on any atom is -0.497 e. The Morgan fingerprint density at radius 2 is 1.60 bits per heavy atom. The number of hydrogen-bond acceptors (Lipinski definition) is 7. The number of benzene rings is 2. The molecule has 3 aliphatic rings. The van der Waals surface area contributed by atoms with E-state index in [1.54, 1.807) is 28.7 Å². The number of aromatic nitrogens is 2. The van der Waals surface area contributed by atoms with E-state index in [-0.39, 0.29) is 49.0 Å². The molecule has 11 nitrogen and oxygen atoms in total. The Morgan fingerprint density at radius 1 is 0.907 bits per heavy atom. The van der Waals surface area contributed by atoms with Gasteiger partial charge in [-0.2, -0.15) is 0 Å². The predicted octanol–water partition coefficient (Wildman–Crippen LogP) is 4.09. The molecule has 1 saturated carbocycles. The van der Waals surface area contributed by atoms with Crippen molar-refractivity contribution in [1.82, 2.24) is 18.9 Å². The third-order valence-electron chi connectivity index (χ3n) is 8.39. The Hall–Kier alpha value is -4.28. The number of fused-ring (bicyclic) bond motifs is 1. The Bertz CT molecular complexity index is 1610. The molecule has 2 aliphatic heterocycles. The van der Waals surface area contributed by atoms with Crippen LogP contribution in [0.1, 0.15) is 64.1 Å². The number of nitrogens with zero attached hydrogens (tertiary/aromatic N) is 5. The van der Waals surface area contributed by atoms with Crippen molar-refractivity contribution in [2.24, 2.45) is 0 Å². The first kappa shape index (κ1) is 28.8. The van der Waals surface area contributed by atoms with Gasteiger partial charge in [0.15, 0.2) is 0 Å². The highest BCUT2D eigenvalue weighted by Gasteiger charge is 2.40. The minimum atomic E-state index is -0.773. The monoisotopic (exact) mass is 589 g/mol. The lowest BCUT2D eigenvalue weighted by molar-refractivity contribution is -0.151. The number of hydrogen-bond donors (Lipinski definition) is 0. The normalized spacial score (nSPS) is 19.7. The number of rotatable bonds is 6. The van der Waals surface area contributed by atoms with E-state index in [0.717, 1.165) is 29.6 Å². The van der Waals surface area contributed by atoms with Gasteiger partial charge in [0.2, 0.25) is 5.91 Å². The largest absolute Gasteiger partial charge is 0.497 e. The Kier molecular flexibility index (Phi) is 7.43. The zero-order chi connectivity index (χ0) is 30.5. The smallest absolute Gasteiger partial charge is 0.410 e. The molecule has 6 rings (SSSR count). The van der Waals surface area contributed by atoms with Crippen LogP contribution in [0.15, 0.2) is 47.3 Å². The summed E-state index contributed by atoms with van der Waals surface area (Å²) in [6.07, 6.45) is 1.94. The summed E-state index contributed by atoms with van der Waals surface area (Å²) >= 11 is 0. The van der Waals surface area contributed by atoms with Crippen molar-refractivity contribution >= 4 is 34.6 Å². The first-order valence-electron chi connectivity index (χ1n) is 15.0. The van der Waals surface area contributed by atoms with Gasteiger partial charge in [0, 0.05) is 38.6 Å². The molecule has 2 saturated heterocycles. The van der Waals surface area contributed by atoms with Crippen molar-refractivity contribution in [2.45, 2.75) is 70.7 Å². The van der Waals surface area contributed by atoms with E-state index in [4.69, 9.17) is 9.47 Å². The SMILES string of the molecule is COc1ccc(CN2C(=O)CCC(n3c(=O)n(C4CC4)c4c(N5CCN(C(=O)OC(C)(C)C)CC5)cccc43)C2=O)cc1. The number of methoxy groups -OCH3 is 1. The Labute approximate surface area is 250 Å². The summed E-state index contributed by atoms with van der Waals surface area (Å²) in [6, 6.07) is 12.4. The topological polar surface area (TPSA) is 106 Å². The van der Waals surface area contributed by atoms with Gasteiger partial charge in [-0.05, 0) is 69.9 Å². The highest BCUT2D eigenvalue weighted by molar-refractivity contribution is 6.00. The number of ether oxygens (including phenoxy) is 2. The second-order valence-electron chi connectivity index (χ2n) is 12.6. The molecule has 0 N–H and O–H groups in total. The van der Waals surface area contributed by atoms with Crippen molar-refractivity contribution < 1.29 is 23.9 Å². The molecule has 1 aliphatic carbocycles. The van der Waals surface area contributed by atoms with Crippen molar-refractivity contribution in [3.8, 4) is 5.75 Å². The highest BCUT2D eigenvalue weighted by Crippen LogP contribution is 2.40. The van der Waals surface area contributed by atoms with E-state index in [1.807, 2.05) is 55.7 Å². The van der Waals surface area contributed by atoms with Crippen LogP contribution in [0.25, 0.3) is 11.0 Å². The molecule has 1 atom stereocenters. The molecule has 1 aromatic heterocycles. The number of para-hydroxylation sites is 1. The number of piperidine rings is 1. The maximum absolute atomic E-state index is 14.1. The maximum Gasteiger partial charge on any atom is 0.410 e. The summed E-state index contributed by atoms with van der Waals surface area (Å²) in [4.78, 5) is 58.8. The summed E-state index contributed by atoms with van der Waals surface area (Å²) in [7, 11) is 1.59. The first-order valence-corrected chi connectivity index (χ1v) is 15.0. The number of piperazine rings is 1. The van der Waals surface area contributed by atoms with E-state index in [1.165, 1.54) is 4.90 Å². The number of carbonyl (C=O) groups is 3. The number of carbonyl (C=O) groups excluding carboxylic acids is 3. The summed E-state index contributed by atoms with van der Waals surface area (Å²) in [5, 5.41) is 0. The molecule has 43 heavy (non-hydrogen) atoms. The number of anilines is 1. The molecule has 0 spiro atoms. The molecule has 3 heterocycles. The van der Waals surface area contributed by atoms with Crippen molar-refractivity contribution in [1.29, 1.82) is 0 Å². The average Bonchev–Trinajstić information content (AvgIpc) is 3.77. The number of amides is 3.